The number of hydrogen-bond donors (Lipinski definition) is 2. The third kappa shape index (κ3) is 2.99. The molecular weight excluding hydrogens is 280 g/mol. The van der Waals surface area contributed by atoms with Gasteiger partial charge in [-0.2, -0.15) is 0 Å². The van der Waals surface area contributed by atoms with Gasteiger partial charge in [0.25, 0.3) is 0 Å². The summed E-state index contributed by atoms with van der Waals surface area (Å²) in [7, 11) is 0. The van der Waals surface area contributed by atoms with Crippen molar-refractivity contribution < 1.29 is 13.9 Å². The van der Waals surface area contributed by atoms with Gasteiger partial charge in [0.1, 0.15) is 11.6 Å². The fraction of sp³-hybridized carbons (Fsp3) is 0.455. The zero-order valence-corrected chi connectivity index (χ0v) is 10.7. The van der Waals surface area contributed by atoms with E-state index in [4.69, 9.17) is 5.73 Å². The summed E-state index contributed by atoms with van der Waals surface area (Å²) >= 11 is 2.98. The Bertz CT molecular complexity index is 394. The molecule has 5 heteroatoms. The van der Waals surface area contributed by atoms with Gasteiger partial charge in [-0.05, 0) is 42.3 Å². The van der Waals surface area contributed by atoms with Gasteiger partial charge < -0.3 is 10.8 Å². The first-order valence-electron chi connectivity index (χ1n) is 4.86. The van der Waals surface area contributed by atoms with Crippen LogP contribution in [-0.4, -0.2) is 11.2 Å². The zero-order valence-electron chi connectivity index (χ0n) is 9.10. The number of halogens is 3. The zero-order chi connectivity index (χ0) is 12.5. The van der Waals surface area contributed by atoms with E-state index in [-0.39, 0.29) is 16.5 Å². The van der Waals surface area contributed by atoms with E-state index >= 15 is 0 Å². The van der Waals surface area contributed by atoms with Crippen molar-refractivity contribution in [3.63, 3.8) is 0 Å². The lowest BCUT2D eigenvalue weighted by atomic mass is 9.87. The Kier molecular flexibility index (Phi) is 4.04. The van der Waals surface area contributed by atoms with Crippen LogP contribution < -0.4 is 5.73 Å². The number of nitrogens with two attached hydrogens (primary N) is 1. The predicted molar refractivity (Wildman–Crippen MR) is 61.9 cm³/mol. The van der Waals surface area contributed by atoms with Crippen molar-refractivity contribution in [3.05, 3.63) is 33.8 Å². The normalized spacial score (nSPS) is 16.9. The van der Waals surface area contributed by atoms with E-state index in [9.17, 15) is 13.9 Å². The minimum absolute atomic E-state index is 0.158. The topological polar surface area (TPSA) is 46.2 Å². The molecule has 0 heterocycles. The first kappa shape index (κ1) is 13.5. The van der Waals surface area contributed by atoms with Crippen molar-refractivity contribution in [2.24, 2.45) is 5.73 Å². The molecule has 1 aromatic carbocycles. The van der Waals surface area contributed by atoms with E-state index in [1.165, 1.54) is 6.07 Å². The van der Waals surface area contributed by atoms with Gasteiger partial charge in [0.15, 0.2) is 0 Å². The minimum atomic E-state index is -1.03. The maximum Gasteiger partial charge on any atom is 0.140 e. The predicted octanol–water partition coefficient (Wildman–Crippen LogP) is 2.67. The van der Waals surface area contributed by atoms with Crippen molar-refractivity contribution >= 4 is 15.9 Å². The highest BCUT2D eigenvalue weighted by molar-refractivity contribution is 9.10. The average molecular weight is 294 g/mol. The van der Waals surface area contributed by atoms with Gasteiger partial charge in [0.05, 0.1) is 10.6 Å². The Balaban J connectivity index is 3.17. The van der Waals surface area contributed by atoms with Crippen LogP contribution in [-0.2, 0) is 5.54 Å². The van der Waals surface area contributed by atoms with E-state index < -0.39 is 23.3 Å². The second-order valence-corrected chi connectivity index (χ2v) is 5.07. The molecule has 1 aromatic rings. The second-order valence-electron chi connectivity index (χ2n) is 4.22. The molecule has 2 nitrogen and oxygen atoms in total. The Labute approximate surface area is 102 Å². The van der Waals surface area contributed by atoms with Crippen molar-refractivity contribution in [3.8, 4) is 0 Å². The van der Waals surface area contributed by atoms with E-state index in [0.29, 0.717) is 0 Å². The summed E-state index contributed by atoms with van der Waals surface area (Å²) in [6.45, 7) is 3.17. The molecule has 1 rings (SSSR count). The van der Waals surface area contributed by atoms with Crippen LogP contribution in [0.5, 0.6) is 0 Å². The summed E-state index contributed by atoms with van der Waals surface area (Å²) in [6, 6.07) is 2.10. The van der Waals surface area contributed by atoms with Crippen molar-refractivity contribution in [2.75, 3.05) is 0 Å². The van der Waals surface area contributed by atoms with Crippen LogP contribution >= 0.6 is 15.9 Å². The third-order valence-electron chi connectivity index (χ3n) is 2.34. The fourth-order valence-corrected chi connectivity index (χ4v) is 2.03. The summed E-state index contributed by atoms with van der Waals surface area (Å²) < 4.78 is 26.7. The fourth-order valence-electron chi connectivity index (χ4n) is 1.68. The lowest BCUT2D eigenvalue weighted by molar-refractivity contribution is 0.152. The highest BCUT2D eigenvalue weighted by Gasteiger charge is 2.27. The molecule has 0 spiro atoms. The lowest BCUT2D eigenvalue weighted by Gasteiger charge is -2.27. The quantitative estimate of drug-likeness (QED) is 0.842. The number of aliphatic hydroxyl groups is 1. The summed E-state index contributed by atoms with van der Waals surface area (Å²) in [4.78, 5) is 0. The molecule has 16 heavy (non-hydrogen) atoms. The molecule has 0 saturated heterocycles. The molecule has 0 amide bonds. The van der Waals surface area contributed by atoms with Crippen molar-refractivity contribution in [1.82, 2.24) is 0 Å². The highest BCUT2D eigenvalue weighted by atomic mass is 79.9. The monoisotopic (exact) mass is 293 g/mol. The molecule has 0 aliphatic carbocycles. The summed E-state index contributed by atoms with van der Waals surface area (Å²) in [5.74, 6) is -1.37. The van der Waals surface area contributed by atoms with Gasteiger partial charge in [0, 0.05) is 17.2 Å². The number of benzene rings is 1. The second kappa shape index (κ2) is 4.77. The van der Waals surface area contributed by atoms with Crippen LogP contribution in [0.4, 0.5) is 8.78 Å². The molecule has 0 aliphatic heterocycles. The minimum Gasteiger partial charge on any atom is -0.393 e. The van der Waals surface area contributed by atoms with Crippen LogP contribution in [0.1, 0.15) is 25.8 Å². The van der Waals surface area contributed by atoms with Crippen LogP contribution in [0.3, 0.4) is 0 Å². The van der Waals surface area contributed by atoms with Gasteiger partial charge in [-0.1, -0.05) is 0 Å². The van der Waals surface area contributed by atoms with Crippen molar-refractivity contribution in [2.45, 2.75) is 31.9 Å². The van der Waals surface area contributed by atoms with Gasteiger partial charge in [-0.15, -0.1) is 0 Å². The van der Waals surface area contributed by atoms with Crippen LogP contribution in [0.25, 0.3) is 0 Å². The van der Waals surface area contributed by atoms with E-state index in [0.717, 1.165) is 6.07 Å². The molecule has 90 valence electrons. The molecule has 0 aromatic heterocycles. The maximum absolute atomic E-state index is 13.6. The molecule has 0 saturated carbocycles. The third-order valence-corrected chi connectivity index (χ3v) is 2.95. The first-order valence-corrected chi connectivity index (χ1v) is 5.65. The lowest BCUT2D eigenvalue weighted by Crippen LogP contribution is -2.37. The maximum atomic E-state index is 13.6. The number of rotatable bonds is 3. The first-order chi connectivity index (χ1) is 7.24. The Morgan fingerprint density at radius 2 is 2.00 bits per heavy atom. The van der Waals surface area contributed by atoms with Gasteiger partial charge in [-0.25, -0.2) is 8.78 Å². The van der Waals surface area contributed by atoms with Gasteiger partial charge >= 0.3 is 0 Å². The van der Waals surface area contributed by atoms with Gasteiger partial charge in [-0.3, -0.25) is 0 Å². The smallest absolute Gasteiger partial charge is 0.140 e. The van der Waals surface area contributed by atoms with Crippen molar-refractivity contribution in [1.29, 1.82) is 0 Å². The van der Waals surface area contributed by atoms with E-state index in [2.05, 4.69) is 15.9 Å². The molecule has 0 radical (unpaired) electrons. The van der Waals surface area contributed by atoms with Gasteiger partial charge in [0.2, 0.25) is 0 Å². The molecule has 0 bridgehead atoms. The Morgan fingerprint density at radius 3 is 2.50 bits per heavy atom. The molecule has 2 atom stereocenters. The molecule has 0 unspecified atom stereocenters. The van der Waals surface area contributed by atoms with Crippen LogP contribution in [0.15, 0.2) is 16.6 Å². The molecule has 3 N–H and O–H groups in total. The molecule has 0 fully saturated rings. The molecular formula is C11H14BrF2NO. The largest absolute Gasteiger partial charge is 0.393 e. The van der Waals surface area contributed by atoms with E-state index in [1.807, 2.05) is 0 Å². The van der Waals surface area contributed by atoms with Crippen LogP contribution in [0.2, 0.25) is 0 Å². The SMILES string of the molecule is C[C@@H](O)C[C@](C)(N)c1cc(Br)c(F)cc1F. The standard InChI is InChI=1S/C11H14BrF2NO/c1-6(16)5-11(2,15)7-3-8(12)10(14)4-9(7)13/h3-4,6,16H,5,15H2,1-2H3/t6-,11+/m1/s1. The molecule has 0 aliphatic rings. The number of hydrogen-bond acceptors (Lipinski definition) is 2. The summed E-state index contributed by atoms with van der Waals surface area (Å²) in [6.07, 6.45) is -0.458. The summed E-state index contributed by atoms with van der Waals surface area (Å²) in [5, 5.41) is 9.28. The number of aliphatic hydroxyl groups excluding tert-OH is 1. The highest BCUT2D eigenvalue weighted by Crippen LogP contribution is 2.29. The average Bonchev–Trinajstić information content (AvgIpc) is 2.08. The Hall–Kier alpha value is -0.520. The van der Waals surface area contributed by atoms with Crippen LogP contribution in [0, 0.1) is 11.6 Å². The van der Waals surface area contributed by atoms with E-state index in [1.54, 1.807) is 13.8 Å². The Morgan fingerprint density at radius 1 is 1.44 bits per heavy atom. The summed E-state index contributed by atoms with van der Waals surface area (Å²) in [5.41, 5.74) is 5.06.